The fourth-order valence-corrected chi connectivity index (χ4v) is 5.08. The number of hydrogen-bond donors (Lipinski definition) is 2. The second-order valence-electron chi connectivity index (χ2n) is 10.5. The van der Waals surface area contributed by atoms with E-state index >= 15 is 0 Å². The summed E-state index contributed by atoms with van der Waals surface area (Å²) >= 11 is 0. The molecule has 0 fully saturated rings. The number of nitrogens with zero attached hydrogens (tertiary/aromatic N) is 2. The highest BCUT2D eigenvalue weighted by atomic mass is 16.5. The molecular formula is C36H36N4O7. The number of carbonyl (C=O) groups is 3. The zero-order valence-electron chi connectivity index (χ0n) is 26.7. The molecule has 1 heterocycles. The van der Waals surface area contributed by atoms with E-state index in [1.54, 1.807) is 73.8 Å². The largest absolute Gasteiger partial charge is 0.493 e. The Hall–Kier alpha value is -5.84. The van der Waals surface area contributed by atoms with Gasteiger partial charge in [-0.2, -0.15) is 5.10 Å². The number of methoxy groups -OCH3 is 3. The smallest absolute Gasteiger partial charge is 0.274 e. The Kier molecular flexibility index (Phi) is 10.4. The highest BCUT2D eigenvalue weighted by Crippen LogP contribution is 2.30. The summed E-state index contributed by atoms with van der Waals surface area (Å²) in [6.07, 6.45) is 1.47. The molecule has 0 bridgehead atoms. The highest BCUT2D eigenvalue weighted by molar-refractivity contribution is 6.07. The topological polar surface area (TPSA) is 128 Å². The van der Waals surface area contributed by atoms with E-state index in [4.69, 9.17) is 18.9 Å². The molecule has 242 valence electrons. The van der Waals surface area contributed by atoms with Gasteiger partial charge in [-0.25, -0.2) is 5.01 Å². The molecule has 0 aliphatic carbocycles. The molecule has 0 aromatic heterocycles. The van der Waals surface area contributed by atoms with Gasteiger partial charge in [0.05, 0.1) is 33.6 Å². The molecule has 0 radical (unpaired) electrons. The maximum Gasteiger partial charge on any atom is 0.274 e. The van der Waals surface area contributed by atoms with Crippen LogP contribution in [0.4, 0.5) is 11.4 Å². The molecule has 11 heteroatoms. The predicted molar refractivity (Wildman–Crippen MR) is 179 cm³/mol. The average molecular weight is 637 g/mol. The fraction of sp³-hybridized carbons (Fsp3) is 0.222. The SMILES string of the molecule is CCOc1cc(C2=NN(C(=O)c3cccc(NC(=O)c4ccc(NC(=O)c5ccc(OC)c(OC)c5)cc4)c3)CCC2)ccc1OC. The maximum absolute atomic E-state index is 13.5. The van der Waals surface area contributed by atoms with Gasteiger partial charge in [0.2, 0.25) is 0 Å². The Bertz CT molecular complexity index is 1800. The van der Waals surface area contributed by atoms with Gasteiger partial charge in [-0.05, 0) is 98.6 Å². The van der Waals surface area contributed by atoms with Crippen molar-refractivity contribution in [3.63, 3.8) is 0 Å². The molecule has 0 saturated carbocycles. The van der Waals surface area contributed by atoms with Crippen LogP contribution in [0, 0.1) is 0 Å². The van der Waals surface area contributed by atoms with E-state index in [2.05, 4.69) is 15.7 Å². The van der Waals surface area contributed by atoms with Crippen LogP contribution in [-0.4, -0.2) is 62.9 Å². The molecule has 0 unspecified atom stereocenters. The number of nitrogens with one attached hydrogen (secondary N) is 2. The third-order valence-corrected chi connectivity index (χ3v) is 7.47. The molecule has 2 N–H and O–H groups in total. The van der Waals surface area contributed by atoms with Crippen molar-refractivity contribution < 1.29 is 33.3 Å². The molecule has 4 aromatic rings. The summed E-state index contributed by atoms with van der Waals surface area (Å²) in [5.74, 6) is 1.24. The monoisotopic (exact) mass is 636 g/mol. The first-order chi connectivity index (χ1) is 22.8. The van der Waals surface area contributed by atoms with E-state index in [0.29, 0.717) is 64.2 Å². The first kappa shape index (κ1) is 32.6. The minimum atomic E-state index is -0.366. The molecule has 1 aliphatic rings. The van der Waals surface area contributed by atoms with Crippen molar-refractivity contribution in [3.05, 3.63) is 107 Å². The quantitative estimate of drug-likeness (QED) is 0.199. The number of carbonyl (C=O) groups excluding carboxylic acids is 3. The van der Waals surface area contributed by atoms with Gasteiger partial charge >= 0.3 is 0 Å². The molecule has 0 spiro atoms. The van der Waals surface area contributed by atoms with Crippen LogP contribution in [0.2, 0.25) is 0 Å². The molecule has 3 amide bonds. The van der Waals surface area contributed by atoms with E-state index in [0.717, 1.165) is 24.1 Å². The Labute approximate surface area is 273 Å². The lowest BCUT2D eigenvalue weighted by atomic mass is 10.0. The lowest BCUT2D eigenvalue weighted by molar-refractivity contribution is 0.0751. The van der Waals surface area contributed by atoms with Gasteiger partial charge in [0.1, 0.15) is 0 Å². The summed E-state index contributed by atoms with van der Waals surface area (Å²) in [7, 11) is 4.61. The van der Waals surface area contributed by atoms with Crippen molar-refractivity contribution in [1.82, 2.24) is 5.01 Å². The van der Waals surface area contributed by atoms with Crippen LogP contribution in [0.5, 0.6) is 23.0 Å². The molecular weight excluding hydrogens is 600 g/mol. The van der Waals surface area contributed by atoms with E-state index in [1.165, 1.54) is 19.2 Å². The number of hydrazone groups is 1. The molecule has 1 aliphatic heterocycles. The third kappa shape index (κ3) is 7.70. The van der Waals surface area contributed by atoms with Crippen molar-refractivity contribution in [2.75, 3.05) is 45.1 Å². The molecule has 5 rings (SSSR count). The van der Waals surface area contributed by atoms with Crippen molar-refractivity contribution >= 4 is 34.8 Å². The van der Waals surface area contributed by atoms with E-state index in [1.807, 2.05) is 25.1 Å². The summed E-state index contributed by atoms with van der Waals surface area (Å²) in [6, 6.07) is 23.7. The van der Waals surface area contributed by atoms with Crippen molar-refractivity contribution in [3.8, 4) is 23.0 Å². The van der Waals surface area contributed by atoms with Crippen molar-refractivity contribution in [2.24, 2.45) is 5.10 Å². The van der Waals surface area contributed by atoms with Gasteiger partial charge in [0, 0.05) is 40.2 Å². The second kappa shape index (κ2) is 15.0. The van der Waals surface area contributed by atoms with Crippen LogP contribution in [-0.2, 0) is 0 Å². The minimum Gasteiger partial charge on any atom is -0.493 e. The first-order valence-electron chi connectivity index (χ1n) is 15.1. The van der Waals surface area contributed by atoms with Gasteiger partial charge in [-0.3, -0.25) is 14.4 Å². The fourth-order valence-electron chi connectivity index (χ4n) is 5.08. The lowest BCUT2D eigenvalue weighted by Gasteiger charge is -2.24. The van der Waals surface area contributed by atoms with Crippen LogP contribution < -0.4 is 29.6 Å². The molecule has 11 nitrogen and oxygen atoms in total. The Morgan fingerprint density at radius 1 is 0.702 bits per heavy atom. The number of anilines is 2. The zero-order chi connectivity index (χ0) is 33.3. The number of ether oxygens (including phenoxy) is 4. The Morgan fingerprint density at radius 3 is 2.09 bits per heavy atom. The molecule has 0 atom stereocenters. The van der Waals surface area contributed by atoms with Gasteiger partial charge < -0.3 is 29.6 Å². The van der Waals surface area contributed by atoms with E-state index in [9.17, 15) is 14.4 Å². The highest BCUT2D eigenvalue weighted by Gasteiger charge is 2.22. The minimum absolute atomic E-state index is 0.272. The number of hydrogen-bond acceptors (Lipinski definition) is 8. The van der Waals surface area contributed by atoms with Crippen LogP contribution in [0.15, 0.2) is 90.0 Å². The molecule has 4 aromatic carbocycles. The average Bonchev–Trinajstić information content (AvgIpc) is 3.11. The first-order valence-corrected chi connectivity index (χ1v) is 15.1. The van der Waals surface area contributed by atoms with Gasteiger partial charge in [-0.1, -0.05) is 6.07 Å². The van der Waals surface area contributed by atoms with E-state index < -0.39 is 0 Å². The Morgan fingerprint density at radius 2 is 1.36 bits per heavy atom. The van der Waals surface area contributed by atoms with Crippen LogP contribution in [0.3, 0.4) is 0 Å². The van der Waals surface area contributed by atoms with E-state index in [-0.39, 0.29) is 17.7 Å². The second-order valence-corrected chi connectivity index (χ2v) is 10.5. The normalized spacial score (nSPS) is 12.4. The predicted octanol–water partition coefficient (Wildman–Crippen LogP) is 6.26. The van der Waals surface area contributed by atoms with Crippen LogP contribution in [0.1, 0.15) is 56.4 Å². The third-order valence-electron chi connectivity index (χ3n) is 7.47. The Balaban J connectivity index is 1.23. The summed E-state index contributed by atoms with van der Waals surface area (Å²) < 4.78 is 21.6. The number of benzene rings is 4. The van der Waals surface area contributed by atoms with Gasteiger partial charge in [0.15, 0.2) is 23.0 Å². The maximum atomic E-state index is 13.5. The number of amides is 3. The van der Waals surface area contributed by atoms with Crippen LogP contribution >= 0.6 is 0 Å². The lowest BCUT2D eigenvalue weighted by Crippen LogP contribution is -2.32. The summed E-state index contributed by atoms with van der Waals surface area (Å²) in [5.41, 5.74) is 3.78. The van der Waals surface area contributed by atoms with Gasteiger partial charge in [0.25, 0.3) is 17.7 Å². The molecule has 0 saturated heterocycles. The van der Waals surface area contributed by atoms with Crippen molar-refractivity contribution in [2.45, 2.75) is 19.8 Å². The number of rotatable bonds is 11. The van der Waals surface area contributed by atoms with Crippen LogP contribution in [0.25, 0.3) is 0 Å². The van der Waals surface area contributed by atoms with Crippen molar-refractivity contribution in [1.29, 1.82) is 0 Å². The summed E-state index contributed by atoms with van der Waals surface area (Å²) in [6.45, 7) is 2.87. The van der Waals surface area contributed by atoms with Gasteiger partial charge in [-0.15, -0.1) is 0 Å². The zero-order valence-corrected chi connectivity index (χ0v) is 26.7. The molecule has 47 heavy (non-hydrogen) atoms. The summed E-state index contributed by atoms with van der Waals surface area (Å²) in [4.78, 5) is 39.3. The summed E-state index contributed by atoms with van der Waals surface area (Å²) in [5, 5.41) is 11.8. The standard InChI is InChI=1S/C36H36N4O7/c1-5-47-33-21-24(13-17-31(33)45-3)29-10-7-19-40(39-29)36(43)26-8-6-9-28(20-26)38-34(41)23-11-15-27(16-12-23)37-35(42)25-14-18-30(44-2)32(22-25)46-4/h6,8-9,11-18,20-22H,5,7,10,19H2,1-4H3,(H,37,42)(H,38,41).